The third-order valence-electron chi connectivity index (χ3n) is 6.54. The lowest BCUT2D eigenvalue weighted by atomic mass is 9.96. The first kappa shape index (κ1) is 28.4. The maximum atomic E-state index is 13.8. The molecule has 1 unspecified atom stereocenters. The number of hydrogen-bond acceptors (Lipinski definition) is 7. The highest BCUT2D eigenvalue weighted by Crippen LogP contribution is 2.32. The summed E-state index contributed by atoms with van der Waals surface area (Å²) in [5.74, 6) is 0.651. The number of halogens is 1. The third-order valence-corrected chi connectivity index (χ3v) is 7.89. The average molecular weight is 589 g/mol. The fourth-order valence-corrected chi connectivity index (χ4v) is 5.90. The number of benzene rings is 3. The highest BCUT2D eigenvalue weighted by Gasteiger charge is 2.33. The third kappa shape index (κ3) is 5.99. The van der Waals surface area contributed by atoms with Gasteiger partial charge in [0.1, 0.15) is 6.61 Å². The van der Waals surface area contributed by atoms with E-state index in [1.165, 1.54) is 11.3 Å². The van der Waals surface area contributed by atoms with Gasteiger partial charge in [0.2, 0.25) is 0 Å². The first-order valence-electron chi connectivity index (χ1n) is 13.3. The van der Waals surface area contributed by atoms with Gasteiger partial charge < -0.3 is 14.2 Å². The van der Waals surface area contributed by atoms with Gasteiger partial charge in [0.05, 0.1) is 35.1 Å². The number of thiazole rings is 1. The Morgan fingerprint density at radius 3 is 2.49 bits per heavy atom. The van der Waals surface area contributed by atoms with Gasteiger partial charge in [0.15, 0.2) is 16.3 Å². The van der Waals surface area contributed by atoms with Crippen LogP contribution in [0.2, 0.25) is 5.02 Å². The molecule has 2 heterocycles. The summed E-state index contributed by atoms with van der Waals surface area (Å²) in [5, 5.41) is 0.632. The van der Waals surface area contributed by atoms with E-state index >= 15 is 0 Å². The van der Waals surface area contributed by atoms with E-state index in [-0.39, 0.29) is 12.2 Å². The van der Waals surface area contributed by atoms with Crippen LogP contribution in [0.5, 0.6) is 11.5 Å². The Labute approximate surface area is 246 Å². The molecule has 0 aliphatic carbocycles. The van der Waals surface area contributed by atoms with Crippen LogP contribution in [0.15, 0.2) is 93.9 Å². The van der Waals surface area contributed by atoms with Crippen molar-refractivity contribution in [1.29, 1.82) is 0 Å². The minimum Gasteiger partial charge on any atom is -0.490 e. The van der Waals surface area contributed by atoms with Gasteiger partial charge in [-0.2, -0.15) is 0 Å². The lowest BCUT2D eigenvalue weighted by Gasteiger charge is -2.24. The Morgan fingerprint density at radius 2 is 1.76 bits per heavy atom. The van der Waals surface area contributed by atoms with Crippen molar-refractivity contribution < 1.29 is 19.0 Å². The zero-order valence-corrected chi connectivity index (χ0v) is 24.5. The van der Waals surface area contributed by atoms with Crippen LogP contribution in [0, 0.1) is 0 Å². The smallest absolute Gasteiger partial charge is 0.338 e. The molecule has 7 nitrogen and oxygen atoms in total. The summed E-state index contributed by atoms with van der Waals surface area (Å²) < 4.78 is 19.3. The molecule has 0 amide bonds. The number of rotatable bonds is 9. The van der Waals surface area contributed by atoms with E-state index in [0.717, 1.165) is 16.7 Å². The minimum absolute atomic E-state index is 0.224. The van der Waals surface area contributed by atoms with Gasteiger partial charge in [0, 0.05) is 10.6 Å². The predicted octanol–water partition coefficient (Wildman–Crippen LogP) is 5.43. The number of aromatic nitrogens is 1. The number of allylic oxidation sites excluding steroid dienone is 1. The molecule has 210 valence electrons. The molecule has 0 saturated carbocycles. The molecule has 0 fully saturated rings. The molecule has 5 rings (SSSR count). The molecule has 1 aliphatic heterocycles. The normalized spacial score (nSPS) is 14.8. The van der Waals surface area contributed by atoms with E-state index in [9.17, 15) is 9.59 Å². The van der Waals surface area contributed by atoms with Crippen molar-refractivity contribution in [1.82, 2.24) is 4.57 Å². The van der Waals surface area contributed by atoms with Crippen molar-refractivity contribution in [3.05, 3.63) is 125 Å². The molecule has 41 heavy (non-hydrogen) atoms. The molecule has 0 radical (unpaired) electrons. The van der Waals surface area contributed by atoms with Crippen LogP contribution in [0.1, 0.15) is 43.5 Å². The van der Waals surface area contributed by atoms with Crippen molar-refractivity contribution in [2.75, 3.05) is 13.2 Å². The van der Waals surface area contributed by atoms with Crippen LogP contribution in [0.4, 0.5) is 0 Å². The molecular weight excluding hydrogens is 560 g/mol. The van der Waals surface area contributed by atoms with Gasteiger partial charge in [-0.25, -0.2) is 9.79 Å². The first-order valence-corrected chi connectivity index (χ1v) is 14.5. The second-order valence-corrected chi connectivity index (χ2v) is 10.6. The Bertz CT molecular complexity index is 1790. The molecule has 1 atom stereocenters. The van der Waals surface area contributed by atoms with Crippen molar-refractivity contribution in [3.8, 4) is 11.5 Å². The van der Waals surface area contributed by atoms with E-state index in [1.54, 1.807) is 24.5 Å². The molecular formula is C32H29ClN2O5S. The summed E-state index contributed by atoms with van der Waals surface area (Å²) >= 11 is 7.56. The van der Waals surface area contributed by atoms with Crippen LogP contribution in [-0.2, 0) is 16.1 Å². The van der Waals surface area contributed by atoms with Gasteiger partial charge in [0.25, 0.3) is 5.56 Å². The van der Waals surface area contributed by atoms with E-state index in [2.05, 4.69) is 4.99 Å². The summed E-state index contributed by atoms with van der Waals surface area (Å²) in [6, 6.07) is 21.9. The topological polar surface area (TPSA) is 79.1 Å². The van der Waals surface area contributed by atoms with Gasteiger partial charge in [-0.3, -0.25) is 9.36 Å². The fraction of sp³-hybridized carbons (Fsp3) is 0.219. The quantitative estimate of drug-likeness (QED) is 0.244. The number of nitrogens with zero attached hydrogens (tertiary/aromatic N) is 2. The molecule has 0 spiro atoms. The zero-order valence-electron chi connectivity index (χ0n) is 22.9. The number of fused-ring (bicyclic) bond motifs is 1. The predicted molar refractivity (Wildman–Crippen MR) is 160 cm³/mol. The van der Waals surface area contributed by atoms with Gasteiger partial charge in [-0.15, -0.1) is 0 Å². The fourth-order valence-electron chi connectivity index (χ4n) is 4.67. The molecule has 0 saturated heterocycles. The zero-order chi connectivity index (χ0) is 28.9. The summed E-state index contributed by atoms with van der Waals surface area (Å²) in [5.41, 5.74) is 3.08. The van der Waals surface area contributed by atoms with Gasteiger partial charge in [-0.05, 0) is 56.2 Å². The van der Waals surface area contributed by atoms with Crippen LogP contribution < -0.4 is 24.4 Å². The lowest BCUT2D eigenvalue weighted by molar-refractivity contribution is -0.139. The molecule has 1 aromatic heterocycles. The van der Waals surface area contributed by atoms with Crippen LogP contribution in [0.3, 0.4) is 0 Å². The van der Waals surface area contributed by atoms with Crippen molar-refractivity contribution >= 4 is 35.0 Å². The van der Waals surface area contributed by atoms with Crippen LogP contribution >= 0.6 is 22.9 Å². The number of esters is 1. The summed E-state index contributed by atoms with van der Waals surface area (Å²) in [6.45, 7) is 6.39. The van der Waals surface area contributed by atoms with Crippen molar-refractivity contribution in [2.24, 2.45) is 4.99 Å². The average Bonchev–Trinajstić information content (AvgIpc) is 3.27. The summed E-state index contributed by atoms with van der Waals surface area (Å²) in [7, 11) is 0. The minimum atomic E-state index is -0.645. The van der Waals surface area contributed by atoms with Crippen LogP contribution in [0.25, 0.3) is 6.08 Å². The summed E-state index contributed by atoms with van der Waals surface area (Å²) in [6.07, 6.45) is 1.80. The van der Waals surface area contributed by atoms with Gasteiger partial charge >= 0.3 is 5.97 Å². The van der Waals surface area contributed by atoms with E-state index in [1.807, 2.05) is 79.7 Å². The van der Waals surface area contributed by atoms with E-state index in [0.29, 0.717) is 50.3 Å². The largest absolute Gasteiger partial charge is 0.490 e. The molecule has 3 aromatic carbocycles. The Hall–Kier alpha value is -4.14. The second-order valence-electron chi connectivity index (χ2n) is 9.23. The standard InChI is InChI=1S/C32H29ClN2O5S/c1-4-38-26-17-21(15-16-25(26)40-19-23-13-9-10-14-24(23)33)18-27-30(36)35-29(22-11-7-6-8-12-22)28(31(37)39-5-2)20(3)34-32(35)41-27/h6-18,29H,4-5,19H2,1-3H3/b27-18+. The highest BCUT2D eigenvalue weighted by molar-refractivity contribution is 7.07. The second kappa shape index (κ2) is 12.6. The van der Waals surface area contributed by atoms with Crippen LogP contribution in [-0.4, -0.2) is 23.8 Å². The number of ether oxygens (including phenoxy) is 3. The molecule has 1 aliphatic rings. The molecule has 0 bridgehead atoms. The monoisotopic (exact) mass is 588 g/mol. The maximum Gasteiger partial charge on any atom is 0.338 e. The van der Waals surface area contributed by atoms with E-state index in [4.69, 9.17) is 25.8 Å². The molecule has 0 N–H and O–H groups in total. The van der Waals surface area contributed by atoms with Gasteiger partial charge in [-0.1, -0.05) is 77.5 Å². The number of hydrogen-bond donors (Lipinski definition) is 0. The highest BCUT2D eigenvalue weighted by atomic mass is 35.5. The maximum absolute atomic E-state index is 13.8. The first-order chi connectivity index (χ1) is 19.9. The molecule has 4 aromatic rings. The Morgan fingerprint density at radius 1 is 1.00 bits per heavy atom. The lowest BCUT2D eigenvalue weighted by Crippen LogP contribution is -2.39. The molecule has 9 heteroatoms. The van der Waals surface area contributed by atoms with Crippen molar-refractivity contribution in [3.63, 3.8) is 0 Å². The number of carbonyl (C=O) groups is 1. The van der Waals surface area contributed by atoms with E-state index < -0.39 is 12.0 Å². The van der Waals surface area contributed by atoms with Crippen molar-refractivity contribution in [2.45, 2.75) is 33.4 Å². The SMILES string of the molecule is CCOC(=O)C1=C(C)N=c2s/c(=C/c3ccc(OCc4ccccc4Cl)c(OCC)c3)c(=O)n2C1c1ccccc1. The Balaban J connectivity index is 1.55. The Kier molecular flexibility index (Phi) is 8.71. The number of carbonyl (C=O) groups excluding carboxylic acids is 1. The summed E-state index contributed by atoms with van der Waals surface area (Å²) in [4.78, 5) is 32.0.